The Morgan fingerprint density at radius 1 is 1.50 bits per heavy atom. The predicted molar refractivity (Wildman–Crippen MR) is 53.4 cm³/mol. The third-order valence-electron chi connectivity index (χ3n) is 1.57. The highest BCUT2D eigenvalue weighted by Gasteiger charge is 2.06. The summed E-state index contributed by atoms with van der Waals surface area (Å²) in [7, 11) is 0. The molecule has 0 aromatic carbocycles. The van der Waals surface area contributed by atoms with Crippen LogP contribution in [0.4, 0.5) is 0 Å². The standard InChI is InChI=1S/C9H11NO3S/c1-6-2-3-7(14-6)4-8(11)10-5-9(12)13/h2-3H,4-5H2,1H3,(H,10,11)(H,12,13). The van der Waals surface area contributed by atoms with E-state index in [2.05, 4.69) is 5.32 Å². The molecule has 0 fully saturated rings. The van der Waals surface area contributed by atoms with E-state index in [1.165, 1.54) is 0 Å². The number of thiophene rings is 1. The highest BCUT2D eigenvalue weighted by Crippen LogP contribution is 2.15. The number of carbonyl (C=O) groups excluding carboxylic acids is 1. The zero-order chi connectivity index (χ0) is 10.6. The molecule has 1 aromatic rings. The molecule has 0 aliphatic rings. The number of carboxylic acids is 1. The van der Waals surface area contributed by atoms with Crippen LogP contribution < -0.4 is 5.32 Å². The van der Waals surface area contributed by atoms with Crippen LogP contribution in [0.15, 0.2) is 12.1 Å². The lowest BCUT2D eigenvalue weighted by atomic mass is 10.3. The Morgan fingerprint density at radius 2 is 2.21 bits per heavy atom. The lowest BCUT2D eigenvalue weighted by Crippen LogP contribution is -2.30. The van der Waals surface area contributed by atoms with E-state index in [1.54, 1.807) is 11.3 Å². The van der Waals surface area contributed by atoms with Gasteiger partial charge in [0.05, 0.1) is 6.42 Å². The largest absolute Gasteiger partial charge is 0.480 e. The SMILES string of the molecule is Cc1ccc(CC(=O)NCC(=O)O)s1. The summed E-state index contributed by atoms with van der Waals surface area (Å²) in [5.74, 6) is -1.28. The average molecular weight is 213 g/mol. The summed E-state index contributed by atoms with van der Waals surface area (Å²) in [5, 5.41) is 10.6. The van der Waals surface area contributed by atoms with Crippen molar-refractivity contribution in [2.45, 2.75) is 13.3 Å². The van der Waals surface area contributed by atoms with Crippen LogP contribution in [0.25, 0.3) is 0 Å². The molecule has 1 amide bonds. The van der Waals surface area contributed by atoms with Crippen LogP contribution in [0, 0.1) is 6.92 Å². The number of hydrogen-bond donors (Lipinski definition) is 2. The van der Waals surface area contributed by atoms with Crippen molar-refractivity contribution in [3.63, 3.8) is 0 Å². The van der Waals surface area contributed by atoms with Gasteiger partial charge in [-0.05, 0) is 19.1 Å². The second-order valence-electron chi connectivity index (χ2n) is 2.86. The number of carbonyl (C=O) groups is 2. The fourth-order valence-corrected chi connectivity index (χ4v) is 1.86. The Kier molecular flexibility index (Phi) is 3.64. The van der Waals surface area contributed by atoms with Crippen LogP contribution in [0.2, 0.25) is 0 Å². The van der Waals surface area contributed by atoms with Gasteiger partial charge in [-0.2, -0.15) is 0 Å². The Bertz CT molecular complexity index is 346. The van der Waals surface area contributed by atoms with E-state index >= 15 is 0 Å². The van der Waals surface area contributed by atoms with Gasteiger partial charge in [0.1, 0.15) is 6.54 Å². The molecule has 76 valence electrons. The van der Waals surface area contributed by atoms with E-state index in [1.807, 2.05) is 19.1 Å². The number of aryl methyl sites for hydroxylation is 1. The molecule has 14 heavy (non-hydrogen) atoms. The summed E-state index contributed by atoms with van der Waals surface area (Å²) in [5.41, 5.74) is 0. The third-order valence-corrected chi connectivity index (χ3v) is 2.57. The van der Waals surface area contributed by atoms with Gasteiger partial charge in [0.15, 0.2) is 0 Å². The first-order chi connectivity index (χ1) is 6.58. The molecule has 1 heterocycles. The molecular weight excluding hydrogens is 202 g/mol. The topological polar surface area (TPSA) is 66.4 Å². The van der Waals surface area contributed by atoms with Crippen LogP contribution in [-0.2, 0) is 16.0 Å². The van der Waals surface area contributed by atoms with E-state index in [4.69, 9.17) is 5.11 Å². The highest BCUT2D eigenvalue weighted by molar-refractivity contribution is 7.12. The minimum atomic E-state index is -1.03. The van der Waals surface area contributed by atoms with Gasteiger partial charge in [0.2, 0.25) is 5.91 Å². The summed E-state index contributed by atoms with van der Waals surface area (Å²) in [6.07, 6.45) is 0.256. The second kappa shape index (κ2) is 4.76. The van der Waals surface area contributed by atoms with Gasteiger partial charge in [0.25, 0.3) is 0 Å². The molecule has 1 aromatic heterocycles. The molecule has 1 rings (SSSR count). The van der Waals surface area contributed by atoms with E-state index in [0.717, 1.165) is 9.75 Å². The van der Waals surface area contributed by atoms with Crippen molar-refractivity contribution in [1.82, 2.24) is 5.32 Å². The first-order valence-corrected chi connectivity index (χ1v) is 4.93. The molecule has 0 unspecified atom stereocenters. The maximum atomic E-state index is 11.2. The van der Waals surface area contributed by atoms with Gasteiger partial charge in [-0.25, -0.2) is 0 Å². The maximum absolute atomic E-state index is 11.2. The van der Waals surface area contributed by atoms with E-state index in [-0.39, 0.29) is 18.9 Å². The summed E-state index contributed by atoms with van der Waals surface area (Å²) in [6.45, 7) is 1.65. The van der Waals surface area contributed by atoms with Gasteiger partial charge < -0.3 is 10.4 Å². The minimum Gasteiger partial charge on any atom is -0.480 e. The Morgan fingerprint density at radius 3 is 2.71 bits per heavy atom. The molecule has 0 aliphatic carbocycles. The van der Waals surface area contributed by atoms with Crippen molar-refractivity contribution in [2.24, 2.45) is 0 Å². The molecule has 4 nitrogen and oxygen atoms in total. The molecule has 0 saturated heterocycles. The van der Waals surface area contributed by atoms with E-state index in [9.17, 15) is 9.59 Å². The monoisotopic (exact) mass is 213 g/mol. The van der Waals surface area contributed by atoms with Crippen molar-refractivity contribution >= 4 is 23.2 Å². The number of aliphatic carboxylic acids is 1. The van der Waals surface area contributed by atoms with Crippen LogP contribution in [-0.4, -0.2) is 23.5 Å². The van der Waals surface area contributed by atoms with Crippen LogP contribution in [0.1, 0.15) is 9.75 Å². The fraction of sp³-hybridized carbons (Fsp3) is 0.333. The molecule has 0 saturated carbocycles. The zero-order valence-electron chi connectivity index (χ0n) is 7.74. The fourth-order valence-electron chi connectivity index (χ4n) is 0.975. The van der Waals surface area contributed by atoms with Gasteiger partial charge in [-0.1, -0.05) is 0 Å². The molecular formula is C9H11NO3S. The lowest BCUT2D eigenvalue weighted by Gasteiger charge is -1.99. The summed E-state index contributed by atoms with van der Waals surface area (Å²) in [6, 6.07) is 3.81. The Labute approximate surface area is 85.6 Å². The summed E-state index contributed by atoms with van der Waals surface area (Å²) >= 11 is 1.54. The van der Waals surface area contributed by atoms with Gasteiger partial charge in [-0.15, -0.1) is 11.3 Å². The third kappa shape index (κ3) is 3.57. The molecule has 0 spiro atoms. The summed E-state index contributed by atoms with van der Waals surface area (Å²) < 4.78 is 0. The highest BCUT2D eigenvalue weighted by atomic mass is 32.1. The summed E-state index contributed by atoms with van der Waals surface area (Å²) in [4.78, 5) is 23.4. The number of carboxylic acid groups (broad SMARTS) is 1. The quantitative estimate of drug-likeness (QED) is 0.777. The average Bonchev–Trinajstić information content (AvgIpc) is 2.48. The zero-order valence-corrected chi connectivity index (χ0v) is 8.56. The van der Waals surface area contributed by atoms with Crippen LogP contribution in [0.3, 0.4) is 0 Å². The van der Waals surface area contributed by atoms with Crippen LogP contribution >= 0.6 is 11.3 Å². The molecule has 0 atom stereocenters. The molecule has 0 bridgehead atoms. The Balaban J connectivity index is 2.37. The predicted octanol–water partition coefficient (Wildman–Crippen LogP) is 0.800. The lowest BCUT2D eigenvalue weighted by molar-refractivity contribution is -0.137. The van der Waals surface area contributed by atoms with Crippen LogP contribution in [0.5, 0.6) is 0 Å². The number of amides is 1. The van der Waals surface area contributed by atoms with E-state index in [0.29, 0.717) is 0 Å². The van der Waals surface area contributed by atoms with Gasteiger partial charge >= 0.3 is 5.97 Å². The minimum absolute atomic E-state index is 0.255. The molecule has 0 aliphatic heterocycles. The molecule has 2 N–H and O–H groups in total. The first-order valence-electron chi connectivity index (χ1n) is 4.12. The second-order valence-corrected chi connectivity index (χ2v) is 4.23. The number of rotatable bonds is 4. The Hall–Kier alpha value is -1.36. The van der Waals surface area contributed by atoms with Crippen molar-refractivity contribution in [2.75, 3.05) is 6.54 Å². The number of nitrogens with one attached hydrogen (secondary N) is 1. The van der Waals surface area contributed by atoms with Gasteiger partial charge in [-0.3, -0.25) is 9.59 Å². The van der Waals surface area contributed by atoms with E-state index < -0.39 is 5.97 Å². The normalized spacial score (nSPS) is 9.79. The first kappa shape index (κ1) is 10.7. The molecule has 0 radical (unpaired) electrons. The van der Waals surface area contributed by atoms with Crippen molar-refractivity contribution in [3.05, 3.63) is 21.9 Å². The maximum Gasteiger partial charge on any atom is 0.322 e. The van der Waals surface area contributed by atoms with Gasteiger partial charge in [0, 0.05) is 9.75 Å². The van der Waals surface area contributed by atoms with Crippen molar-refractivity contribution < 1.29 is 14.7 Å². The number of hydrogen-bond acceptors (Lipinski definition) is 3. The molecule has 5 heteroatoms. The smallest absolute Gasteiger partial charge is 0.322 e. The van der Waals surface area contributed by atoms with Crippen molar-refractivity contribution in [1.29, 1.82) is 0 Å². The van der Waals surface area contributed by atoms with Crippen molar-refractivity contribution in [3.8, 4) is 0 Å².